The van der Waals surface area contributed by atoms with Gasteiger partial charge in [-0.2, -0.15) is 4.99 Å². The first kappa shape index (κ1) is 17.1. The number of carbonyl (C=O) groups excluding carboxylic acids is 2. The van der Waals surface area contributed by atoms with E-state index in [4.69, 9.17) is 9.47 Å². The average molecular weight is 365 g/mol. The highest BCUT2D eigenvalue weighted by atomic mass is 16.5. The highest BCUT2D eigenvalue weighted by Crippen LogP contribution is 2.39. The molecule has 2 unspecified atom stereocenters. The molecule has 4 rings (SSSR count). The molecule has 7 nitrogen and oxygen atoms in total. The average Bonchev–Trinajstić information content (AvgIpc) is 3.02. The van der Waals surface area contributed by atoms with E-state index in [0.29, 0.717) is 17.3 Å². The Balaban J connectivity index is 1.78. The molecule has 3 amide bonds. The maximum absolute atomic E-state index is 12.6. The Bertz CT molecular complexity index is 926. The number of rotatable bonds is 4. The van der Waals surface area contributed by atoms with Crippen LogP contribution >= 0.6 is 0 Å². The molecule has 1 N–H and O–H groups in total. The molecular formula is C20H19N3O4. The fraction of sp³-hybridized carbons (Fsp3) is 0.250. The number of hydrogen-bond donors (Lipinski definition) is 1. The number of carbonyl (C=O) groups is 2. The van der Waals surface area contributed by atoms with Crippen molar-refractivity contribution in [3.05, 3.63) is 54.1 Å². The van der Waals surface area contributed by atoms with Gasteiger partial charge >= 0.3 is 6.03 Å². The number of fused-ring (bicyclic) bond motifs is 1. The first-order valence-electron chi connectivity index (χ1n) is 8.61. The van der Waals surface area contributed by atoms with E-state index >= 15 is 0 Å². The SMILES string of the molecule is COc1ccc(C2CC(=O)NC3=NC(=O)N(c4ccccc4)C32)cc1OC. The van der Waals surface area contributed by atoms with E-state index in [1.54, 1.807) is 25.2 Å². The van der Waals surface area contributed by atoms with Crippen LogP contribution in [0, 0.1) is 0 Å². The van der Waals surface area contributed by atoms with Gasteiger partial charge in [0.2, 0.25) is 5.91 Å². The maximum atomic E-state index is 12.6. The molecule has 2 heterocycles. The lowest BCUT2D eigenvalue weighted by atomic mass is 9.84. The Hall–Kier alpha value is -3.35. The molecule has 7 heteroatoms. The number of anilines is 1. The number of nitrogens with one attached hydrogen (secondary N) is 1. The summed E-state index contributed by atoms with van der Waals surface area (Å²) < 4.78 is 10.7. The van der Waals surface area contributed by atoms with Gasteiger partial charge in [0.15, 0.2) is 11.5 Å². The van der Waals surface area contributed by atoms with Gasteiger partial charge in [0, 0.05) is 18.0 Å². The van der Waals surface area contributed by atoms with Gasteiger partial charge in [0.25, 0.3) is 0 Å². The molecule has 2 atom stereocenters. The third-order valence-electron chi connectivity index (χ3n) is 4.90. The van der Waals surface area contributed by atoms with Crippen LogP contribution in [0.2, 0.25) is 0 Å². The van der Waals surface area contributed by atoms with Gasteiger partial charge in [0.05, 0.1) is 14.2 Å². The summed E-state index contributed by atoms with van der Waals surface area (Å²) in [5, 5.41) is 2.75. The molecule has 2 aliphatic heterocycles. The largest absolute Gasteiger partial charge is 0.493 e. The highest BCUT2D eigenvalue weighted by Gasteiger charge is 2.46. The molecule has 0 aliphatic carbocycles. The van der Waals surface area contributed by atoms with Crippen molar-refractivity contribution < 1.29 is 19.1 Å². The van der Waals surface area contributed by atoms with Crippen molar-refractivity contribution in [3.8, 4) is 11.5 Å². The van der Waals surface area contributed by atoms with Crippen LogP contribution in [0.25, 0.3) is 0 Å². The zero-order chi connectivity index (χ0) is 19.0. The third-order valence-corrected chi connectivity index (χ3v) is 4.90. The molecule has 0 aromatic heterocycles. The first-order valence-corrected chi connectivity index (χ1v) is 8.61. The Morgan fingerprint density at radius 1 is 1.04 bits per heavy atom. The lowest BCUT2D eigenvalue weighted by Crippen LogP contribution is -2.53. The topological polar surface area (TPSA) is 80.2 Å². The summed E-state index contributed by atoms with van der Waals surface area (Å²) in [6, 6.07) is 14.1. The van der Waals surface area contributed by atoms with Crippen LogP contribution in [0.15, 0.2) is 53.5 Å². The Labute approximate surface area is 156 Å². The monoisotopic (exact) mass is 365 g/mol. The van der Waals surface area contributed by atoms with Crippen LogP contribution in [0.1, 0.15) is 17.9 Å². The maximum Gasteiger partial charge on any atom is 0.350 e. The number of amidine groups is 1. The number of benzene rings is 2. The molecule has 1 saturated heterocycles. The molecule has 0 radical (unpaired) electrons. The van der Waals surface area contributed by atoms with Crippen molar-refractivity contribution in [1.82, 2.24) is 5.32 Å². The van der Waals surface area contributed by atoms with Crippen LogP contribution in [-0.4, -0.2) is 38.0 Å². The number of aliphatic imine (C=N–C) groups is 1. The van der Waals surface area contributed by atoms with E-state index in [1.807, 2.05) is 42.5 Å². The highest BCUT2D eigenvalue weighted by molar-refractivity contribution is 6.18. The summed E-state index contributed by atoms with van der Waals surface area (Å²) >= 11 is 0. The molecule has 0 spiro atoms. The Morgan fingerprint density at radius 2 is 1.78 bits per heavy atom. The summed E-state index contributed by atoms with van der Waals surface area (Å²) in [5.41, 5.74) is 1.63. The van der Waals surface area contributed by atoms with Crippen molar-refractivity contribution in [2.75, 3.05) is 19.1 Å². The number of nitrogens with zero attached hydrogens (tertiary/aromatic N) is 2. The number of methoxy groups -OCH3 is 2. The minimum absolute atomic E-state index is 0.160. The third kappa shape index (κ3) is 2.91. The van der Waals surface area contributed by atoms with Gasteiger partial charge in [-0.15, -0.1) is 0 Å². The van der Waals surface area contributed by atoms with Crippen LogP contribution in [-0.2, 0) is 4.79 Å². The molecule has 2 aromatic carbocycles. The van der Waals surface area contributed by atoms with Crippen molar-refractivity contribution in [2.45, 2.75) is 18.4 Å². The van der Waals surface area contributed by atoms with Crippen LogP contribution in [0.3, 0.4) is 0 Å². The quantitative estimate of drug-likeness (QED) is 0.903. The molecule has 2 aromatic rings. The number of piperidine rings is 1. The van der Waals surface area contributed by atoms with Crippen LogP contribution < -0.4 is 19.7 Å². The summed E-state index contributed by atoms with van der Waals surface area (Å²) in [7, 11) is 3.14. The van der Waals surface area contributed by atoms with E-state index in [2.05, 4.69) is 10.3 Å². The van der Waals surface area contributed by atoms with E-state index < -0.39 is 0 Å². The fourth-order valence-corrected chi connectivity index (χ4v) is 3.69. The lowest BCUT2D eigenvalue weighted by molar-refractivity contribution is -0.120. The normalized spacial score (nSPS) is 21.4. The van der Waals surface area contributed by atoms with Crippen molar-refractivity contribution in [3.63, 3.8) is 0 Å². The summed E-state index contributed by atoms with van der Waals surface area (Å²) in [4.78, 5) is 30.6. The second-order valence-corrected chi connectivity index (χ2v) is 6.40. The van der Waals surface area contributed by atoms with Crippen LogP contribution in [0.5, 0.6) is 11.5 Å². The minimum Gasteiger partial charge on any atom is -0.493 e. The second-order valence-electron chi connectivity index (χ2n) is 6.40. The summed E-state index contributed by atoms with van der Waals surface area (Å²) in [5.74, 6) is 1.17. The smallest absolute Gasteiger partial charge is 0.350 e. The number of para-hydroxylation sites is 1. The first-order chi connectivity index (χ1) is 13.1. The van der Waals surface area contributed by atoms with Crippen molar-refractivity contribution in [1.29, 1.82) is 0 Å². The standard InChI is InChI=1S/C20H19N3O4/c1-26-15-9-8-12(10-16(15)27-2)14-11-17(24)21-19-18(14)23(20(25)22-19)13-6-4-3-5-7-13/h3-10,14,18H,11H2,1-2H3,(H,21,22,24,25). The predicted molar refractivity (Wildman–Crippen MR) is 101 cm³/mol. The van der Waals surface area contributed by atoms with Gasteiger partial charge in [-0.3, -0.25) is 9.69 Å². The van der Waals surface area contributed by atoms with Gasteiger partial charge in [-0.05, 0) is 29.8 Å². The second kappa shape index (κ2) is 6.75. The summed E-state index contributed by atoms with van der Waals surface area (Å²) in [6.45, 7) is 0. The van der Waals surface area contributed by atoms with Gasteiger partial charge in [-0.25, -0.2) is 4.79 Å². The van der Waals surface area contributed by atoms with Gasteiger partial charge < -0.3 is 14.8 Å². The molecule has 1 fully saturated rings. The Morgan fingerprint density at radius 3 is 2.48 bits per heavy atom. The number of amides is 3. The van der Waals surface area contributed by atoms with Crippen molar-refractivity contribution >= 4 is 23.5 Å². The number of ether oxygens (including phenoxy) is 2. The van der Waals surface area contributed by atoms with E-state index in [-0.39, 0.29) is 30.3 Å². The summed E-state index contributed by atoms with van der Waals surface area (Å²) in [6.07, 6.45) is 0.246. The van der Waals surface area contributed by atoms with E-state index in [9.17, 15) is 9.59 Å². The molecule has 138 valence electrons. The molecule has 27 heavy (non-hydrogen) atoms. The van der Waals surface area contributed by atoms with E-state index in [1.165, 1.54) is 0 Å². The lowest BCUT2D eigenvalue weighted by Gasteiger charge is -2.35. The molecule has 0 bridgehead atoms. The van der Waals surface area contributed by atoms with Crippen molar-refractivity contribution in [2.24, 2.45) is 4.99 Å². The zero-order valence-electron chi connectivity index (χ0n) is 15.0. The zero-order valence-corrected chi connectivity index (χ0v) is 15.0. The predicted octanol–water partition coefficient (Wildman–Crippen LogP) is 2.71. The number of urea groups is 1. The van der Waals surface area contributed by atoms with Crippen LogP contribution in [0.4, 0.5) is 10.5 Å². The fourth-order valence-electron chi connectivity index (χ4n) is 3.69. The van der Waals surface area contributed by atoms with Gasteiger partial charge in [0.1, 0.15) is 11.9 Å². The van der Waals surface area contributed by atoms with Gasteiger partial charge in [-0.1, -0.05) is 24.3 Å². The molecule has 0 saturated carbocycles. The Kier molecular flexibility index (Phi) is 4.27. The molecule has 2 aliphatic rings. The minimum atomic E-state index is -0.381. The number of hydrogen-bond acceptors (Lipinski definition) is 4. The molecular weight excluding hydrogens is 346 g/mol. The van der Waals surface area contributed by atoms with E-state index in [0.717, 1.165) is 11.3 Å².